The summed E-state index contributed by atoms with van der Waals surface area (Å²) in [4.78, 5) is 11.6. The van der Waals surface area contributed by atoms with Gasteiger partial charge >= 0.3 is 0 Å². The van der Waals surface area contributed by atoms with Gasteiger partial charge in [0.15, 0.2) is 0 Å². The van der Waals surface area contributed by atoms with E-state index in [9.17, 15) is 13.2 Å². The summed E-state index contributed by atoms with van der Waals surface area (Å²) in [5, 5.41) is 2.73. The number of hydrogen-bond donors (Lipinski definition) is 1. The van der Waals surface area contributed by atoms with Gasteiger partial charge in [-0.1, -0.05) is 23.8 Å². The molecular weight excluding hydrogens is 300 g/mol. The third kappa shape index (κ3) is 2.46. The number of aryl methyl sites for hydroxylation is 1. The Morgan fingerprint density at radius 2 is 1.77 bits per heavy atom. The lowest BCUT2D eigenvalue weighted by Gasteiger charge is -2.20. The quantitative estimate of drug-likeness (QED) is 0.945. The summed E-state index contributed by atoms with van der Waals surface area (Å²) in [5.74, 6) is -0.0730. The maximum Gasteiger partial charge on any atom is 0.264 e. The zero-order valence-electron chi connectivity index (χ0n) is 12.3. The first-order valence-corrected chi connectivity index (χ1v) is 8.30. The Morgan fingerprint density at radius 1 is 1.09 bits per heavy atom. The lowest BCUT2D eigenvalue weighted by atomic mass is 10.1. The molecule has 5 nitrogen and oxygen atoms in total. The molecule has 2 aromatic rings. The number of rotatable bonds is 3. The molecule has 3 rings (SSSR count). The Bertz CT molecular complexity index is 842. The maximum atomic E-state index is 12.6. The minimum Gasteiger partial charge on any atom is -0.325 e. The van der Waals surface area contributed by atoms with E-state index in [1.54, 1.807) is 42.5 Å². The molecule has 114 valence electrons. The van der Waals surface area contributed by atoms with Gasteiger partial charge in [0.1, 0.15) is 0 Å². The molecule has 0 saturated carbocycles. The third-order valence-corrected chi connectivity index (χ3v) is 5.56. The van der Waals surface area contributed by atoms with E-state index in [-0.39, 0.29) is 10.8 Å². The molecule has 0 bridgehead atoms. The Balaban J connectivity index is 1.97. The zero-order valence-corrected chi connectivity index (χ0v) is 13.1. The van der Waals surface area contributed by atoms with Gasteiger partial charge in [-0.25, -0.2) is 8.42 Å². The average molecular weight is 316 g/mol. The highest BCUT2D eigenvalue weighted by molar-refractivity contribution is 7.92. The summed E-state index contributed by atoms with van der Waals surface area (Å²) < 4.78 is 26.5. The first kappa shape index (κ1) is 14.6. The van der Waals surface area contributed by atoms with Gasteiger partial charge in [0, 0.05) is 12.7 Å². The lowest BCUT2D eigenvalue weighted by Crippen LogP contribution is -2.26. The van der Waals surface area contributed by atoms with E-state index in [1.165, 1.54) is 11.4 Å². The van der Waals surface area contributed by atoms with Crippen LogP contribution >= 0.6 is 0 Å². The number of nitrogens with one attached hydrogen (secondary N) is 1. The van der Waals surface area contributed by atoms with Crippen molar-refractivity contribution in [2.45, 2.75) is 18.2 Å². The summed E-state index contributed by atoms with van der Waals surface area (Å²) in [5.41, 5.74) is 3.08. The molecule has 1 amide bonds. The Labute approximate surface area is 129 Å². The number of amides is 1. The predicted molar refractivity (Wildman–Crippen MR) is 85.5 cm³/mol. The van der Waals surface area contributed by atoms with E-state index >= 15 is 0 Å². The molecule has 1 aliphatic rings. The Hall–Kier alpha value is -2.34. The molecule has 2 aromatic carbocycles. The second kappa shape index (κ2) is 5.14. The van der Waals surface area contributed by atoms with Crippen LogP contribution in [-0.4, -0.2) is 21.4 Å². The second-order valence-corrected chi connectivity index (χ2v) is 7.32. The predicted octanol–water partition coefficient (Wildman–Crippen LogP) is 2.31. The summed E-state index contributed by atoms with van der Waals surface area (Å²) in [6.45, 7) is 1.91. The highest BCUT2D eigenvalue weighted by atomic mass is 32.2. The number of carbonyl (C=O) groups excluding carboxylic acids is 1. The smallest absolute Gasteiger partial charge is 0.264 e. The monoisotopic (exact) mass is 316 g/mol. The summed E-state index contributed by atoms with van der Waals surface area (Å²) >= 11 is 0. The SMILES string of the molecule is Cc1ccc(S(=O)(=O)N(C)c2ccc3c(c2)NC(=O)C3)cc1. The molecule has 0 radical (unpaired) electrons. The summed E-state index contributed by atoms with van der Waals surface area (Å²) in [7, 11) is -2.11. The highest BCUT2D eigenvalue weighted by Crippen LogP contribution is 2.30. The van der Waals surface area contributed by atoms with Crippen LogP contribution in [0.5, 0.6) is 0 Å². The normalized spacial score (nSPS) is 13.6. The van der Waals surface area contributed by atoms with Crippen molar-refractivity contribution in [1.82, 2.24) is 0 Å². The Kier molecular flexibility index (Phi) is 3.41. The molecule has 1 N–H and O–H groups in total. The van der Waals surface area contributed by atoms with Crippen molar-refractivity contribution in [3.63, 3.8) is 0 Å². The van der Waals surface area contributed by atoms with Gasteiger partial charge in [0.05, 0.1) is 17.0 Å². The molecule has 1 heterocycles. The van der Waals surface area contributed by atoms with Crippen molar-refractivity contribution in [2.75, 3.05) is 16.7 Å². The average Bonchev–Trinajstić information content (AvgIpc) is 2.86. The van der Waals surface area contributed by atoms with Gasteiger partial charge in [0.25, 0.3) is 10.0 Å². The Morgan fingerprint density at radius 3 is 2.45 bits per heavy atom. The van der Waals surface area contributed by atoms with Gasteiger partial charge in [-0.2, -0.15) is 0 Å². The van der Waals surface area contributed by atoms with Gasteiger partial charge in [-0.05, 0) is 36.8 Å². The minimum atomic E-state index is -3.62. The molecular formula is C16H16N2O3S. The second-order valence-electron chi connectivity index (χ2n) is 5.35. The van der Waals surface area contributed by atoms with Crippen molar-refractivity contribution in [2.24, 2.45) is 0 Å². The molecule has 0 aliphatic carbocycles. The molecule has 0 aromatic heterocycles. The number of fused-ring (bicyclic) bond motifs is 1. The third-order valence-electron chi connectivity index (χ3n) is 3.76. The summed E-state index contributed by atoms with van der Waals surface area (Å²) in [6, 6.07) is 11.9. The van der Waals surface area contributed by atoms with Crippen LogP contribution in [0.1, 0.15) is 11.1 Å². The van der Waals surface area contributed by atoms with Crippen LogP contribution in [0.15, 0.2) is 47.4 Å². The number of sulfonamides is 1. The first-order chi connectivity index (χ1) is 10.4. The maximum absolute atomic E-state index is 12.6. The number of benzene rings is 2. The van der Waals surface area contributed by atoms with Crippen molar-refractivity contribution < 1.29 is 13.2 Å². The number of carbonyl (C=O) groups is 1. The van der Waals surface area contributed by atoms with Crippen LogP contribution in [0.2, 0.25) is 0 Å². The number of anilines is 2. The number of nitrogens with zero attached hydrogens (tertiary/aromatic N) is 1. The van der Waals surface area contributed by atoms with E-state index < -0.39 is 10.0 Å². The highest BCUT2D eigenvalue weighted by Gasteiger charge is 2.24. The van der Waals surface area contributed by atoms with Crippen molar-refractivity contribution in [3.05, 3.63) is 53.6 Å². The van der Waals surface area contributed by atoms with Crippen molar-refractivity contribution >= 4 is 27.3 Å². The summed E-state index contributed by atoms with van der Waals surface area (Å²) in [6.07, 6.45) is 0.337. The van der Waals surface area contributed by atoms with Crippen molar-refractivity contribution in [3.8, 4) is 0 Å². The molecule has 0 fully saturated rings. The van der Waals surface area contributed by atoms with E-state index in [2.05, 4.69) is 5.32 Å². The molecule has 22 heavy (non-hydrogen) atoms. The van der Waals surface area contributed by atoms with Crippen LogP contribution in [0.4, 0.5) is 11.4 Å². The van der Waals surface area contributed by atoms with E-state index in [4.69, 9.17) is 0 Å². The molecule has 6 heteroatoms. The van der Waals surface area contributed by atoms with Gasteiger partial charge < -0.3 is 5.32 Å². The molecule has 0 saturated heterocycles. The van der Waals surface area contributed by atoms with Crippen LogP contribution < -0.4 is 9.62 Å². The van der Waals surface area contributed by atoms with Crippen LogP contribution in [-0.2, 0) is 21.2 Å². The fourth-order valence-corrected chi connectivity index (χ4v) is 3.59. The van der Waals surface area contributed by atoms with Gasteiger partial charge in [-0.15, -0.1) is 0 Å². The first-order valence-electron chi connectivity index (χ1n) is 6.86. The van der Waals surface area contributed by atoms with Crippen LogP contribution in [0.3, 0.4) is 0 Å². The standard InChI is InChI=1S/C16H16N2O3S/c1-11-3-7-14(8-4-11)22(20,21)18(2)13-6-5-12-9-16(19)17-15(12)10-13/h3-8,10H,9H2,1-2H3,(H,17,19). The fraction of sp³-hybridized carbons (Fsp3) is 0.188. The molecule has 0 spiro atoms. The largest absolute Gasteiger partial charge is 0.325 e. The van der Waals surface area contributed by atoms with E-state index in [0.29, 0.717) is 17.8 Å². The zero-order chi connectivity index (χ0) is 15.9. The van der Waals surface area contributed by atoms with Crippen LogP contribution in [0, 0.1) is 6.92 Å². The van der Waals surface area contributed by atoms with E-state index in [0.717, 1.165) is 11.1 Å². The van der Waals surface area contributed by atoms with Crippen molar-refractivity contribution in [1.29, 1.82) is 0 Å². The molecule has 0 unspecified atom stereocenters. The fourth-order valence-electron chi connectivity index (χ4n) is 2.41. The topological polar surface area (TPSA) is 66.5 Å². The van der Waals surface area contributed by atoms with Gasteiger partial charge in [-0.3, -0.25) is 9.10 Å². The molecule has 0 atom stereocenters. The van der Waals surface area contributed by atoms with Crippen LogP contribution in [0.25, 0.3) is 0 Å². The minimum absolute atomic E-state index is 0.0730. The molecule has 1 aliphatic heterocycles. The van der Waals surface area contributed by atoms with E-state index in [1.807, 2.05) is 6.92 Å². The lowest BCUT2D eigenvalue weighted by molar-refractivity contribution is -0.115. The van der Waals surface area contributed by atoms with Gasteiger partial charge in [0.2, 0.25) is 5.91 Å². The number of hydrogen-bond acceptors (Lipinski definition) is 3.